The molecule has 0 rings (SSSR count). The molecule has 3 atom stereocenters. The molecular weight excluding hydrogens is 570 g/mol. The molecule has 4 N–H and O–H groups in total. The topological polar surface area (TPSA) is 89.8 Å². The molecule has 0 aliphatic carbocycles. The van der Waals surface area contributed by atoms with Crippen molar-refractivity contribution in [2.24, 2.45) is 0 Å². The number of unbranched alkanes of at least 4 members (excludes halogenated alkanes) is 27. The fourth-order valence-electron chi connectivity index (χ4n) is 6.40. The number of rotatable bonds is 37. The average Bonchev–Trinajstić information content (AvgIpc) is 3.06. The molecule has 0 fully saturated rings. The SMILES string of the molecule is CCCCCC/C=C\CCCC(=O)NC(CO)C(O)C(O)CCCCCCCCCCCCCCCCCCCCCCCCC. The largest absolute Gasteiger partial charge is 0.394 e. The van der Waals surface area contributed by atoms with Crippen molar-refractivity contribution in [2.45, 2.75) is 238 Å². The van der Waals surface area contributed by atoms with Crippen LogP contribution in [0.15, 0.2) is 12.2 Å². The minimum absolute atomic E-state index is 0.179. The van der Waals surface area contributed by atoms with E-state index >= 15 is 0 Å². The van der Waals surface area contributed by atoms with E-state index in [0.717, 1.165) is 38.5 Å². The molecular formula is C41H81NO4. The Morgan fingerprint density at radius 1 is 0.522 bits per heavy atom. The van der Waals surface area contributed by atoms with E-state index in [1.54, 1.807) is 0 Å². The van der Waals surface area contributed by atoms with Crippen molar-refractivity contribution >= 4 is 5.91 Å². The van der Waals surface area contributed by atoms with Gasteiger partial charge in [0.2, 0.25) is 5.91 Å². The van der Waals surface area contributed by atoms with Gasteiger partial charge in [-0.3, -0.25) is 4.79 Å². The molecule has 0 aliphatic heterocycles. The first-order valence-electron chi connectivity index (χ1n) is 20.5. The molecule has 0 aromatic rings. The van der Waals surface area contributed by atoms with Gasteiger partial charge in [-0.1, -0.05) is 193 Å². The van der Waals surface area contributed by atoms with Gasteiger partial charge in [0, 0.05) is 6.42 Å². The first-order valence-corrected chi connectivity index (χ1v) is 20.5. The monoisotopic (exact) mass is 652 g/mol. The number of aliphatic hydroxyl groups excluding tert-OH is 3. The van der Waals surface area contributed by atoms with Crippen molar-refractivity contribution < 1.29 is 20.1 Å². The normalized spacial score (nSPS) is 13.8. The van der Waals surface area contributed by atoms with Gasteiger partial charge in [0.25, 0.3) is 0 Å². The molecule has 0 saturated carbocycles. The number of carbonyl (C=O) groups is 1. The molecule has 0 radical (unpaired) electrons. The Morgan fingerprint density at radius 2 is 0.870 bits per heavy atom. The summed E-state index contributed by atoms with van der Waals surface area (Å²) in [6.07, 6.45) is 41.9. The summed E-state index contributed by atoms with van der Waals surface area (Å²) in [6, 6.07) is -0.818. The summed E-state index contributed by atoms with van der Waals surface area (Å²) < 4.78 is 0. The van der Waals surface area contributed by atoms with E-state index in [2.05, 4.69) is 31.3 Å². The minimum Gasteiger partial charge on any atom is -0.394 e. The number of nitrogens with one attached hydrogen (secondary N) is 1. The number of hydrogen-bond donors (Lipinski definition) is 4. The Morgan fingerprint density at radius 3 is 1.26 bits per heavy atom. The summed E-state index contributed by atoms with van der Waals surface area (Å²) in [7, 11) is 0. The fraction of sp³-hybridized carbons (Fsp3) is 0.927. The molecule has 0 aromatic heterocycles. The second-order valence-electron chi connectivity index (χ2n) is 14.2. The highest BCUT2D eigenvalue weighted by Crippen LogP contribution is 2.17. The predicted molar refractivity (Wildman–Crippen MR) is 199 cm³/mol. The van der Waals surface area contributed by atoms with Gasteiger partial charge in [0.1, 0.15) is 6.10 Å². The molecule has 1 amide bonds. The molecule has 0 heterocycles. The van der Waals surface area contributed by atoms with Gasteiger partial charge in [-0.05, 0) is 32.1 Å². The fourth-order valence-corrected chi connectivity index (χ4v) is 6.40. The summed E-state index contributed by atoms with van der Waals surface area (Å²) in [5, 5.41) is 33.3. The van der Waals surface area contributed by atoms with Gasteiger partial charge < -0.3 is 20.6 Å². The van der Waals surface area contributed by atoms with E-state index in [1.165, 1.54) is 154 Å². The summed E-state index contributed by atoms with van der Waals surface area (Å²) in [4.78, 5) is 12.3. The maximum absolute atomic E-state index is 12.3. The Labute approximate surface area is 287 Å². The molecule has 0 bridgehead atoms. The number of hydrogen-bond acceptors (Lipinski definition) is 4. The first-order chi connectivity index (χ1) is 22.6. The Balaban J connectivity index is 3.55. The van der Waals surface area contributed by atoms with Gasteiger partial charge in [-0.25, -0.2) is 0 Å². The van der Waals surface area contributed by atoms with E-state index < -0.39 is 18.2 Å². The zero-order valence-corrected chi connectivity index (χ0v) is 31.0. The Bertz CT molecular complexity index is 640. The van der Waals surface area contributed by atoms with Crippen molar-refractivity contribution in [3.8, 4) is 0 Å². The lowest BCUT2D eigenvalue weighted by atomic mass is 9.99. The van der Waals surface area contributed by atoms with Gasteiger partial charge >= 0.3 is 0 Å². The van der Waals surface area contributed by atoms with Crippen LogP contribution >= 0.6 is 0 Å². The number of amides is 1. The number of carbonyl (C=O) groups excluding carboxylic acids is 1. The lowest BCUT2D eigenvalue weighted by Gasteiger charge is -2.26. The van der Waals surface area contributed by atoms with Gasteiger partial charge in [0.15, 0.2) is 0 Å². The molecule has 0 saturated heterocycles. The molecule has 5 heteroatoms. The lowest BCUT2D eigenvalue weighted by Crippen LogP contribution is -2.50. The minimum atomic E-state index is -1.14. The molecule has 274 valence electrons. The molecule has 46 heavy (non-hydrogen) atoms. The zero-order chi connectivity index (χ0) is 33.8. The van der Waals surface area contributed by atoms with Gasteiger partial charge in [-0.2, -0.15) is 0 Å². The van der Waals surface area contributed by atoms with E-state index in [9.17, 15) is 20.1 Å². The van der Waals surface area contributed by atoms with Crippen LogP contribution in [0.25, 0.3) is 0 Å². The standard InChI is InChI=1S/C41H81NO4/c1-3-5-7-9-11-13-14-15-16-17-18-19-20-21-22-23-24-25-26-28-29-31-33-35-39(44)41(46)38(37-43)42-40(45)36-34-32-30-27-12-10-8-6-4-2/h27,30,38-39,41,43-44,46H,3-26,28-29,31-37H2,1-2H3,(H,42,45)/b30-27-. The number of aliphatic hydroxyl groups is 3. The van der Waals surface area contributed by atoms with Crippen LogP contribution in [0.4, 0.5) is 0 Å². The van der Waals surface area contributed by atoms with E-state index in [0.29, 0.717) is 12.8 Å². The van der Waals surface area contributed by atoms with Crippen molar-refractivity contribution in [1.29, 1.82) is 0 Å². The lowest BCUT2D eigenvalue weighted by molar-refractivity contribution is -0.124. The zero-order valence-electron chi connectivity index (χ0n) is 31.0. The Hall–Kier alpha value is -0.910. The van der Waals surface area contributed by atoms with Crippen molar-refractivity contribution in [3.05, 3.63) is 12.2 Å². The highest BCUT2D eigenvalue weighted by Gasteiger charge is 2.26. The third kappa shape index (κ3) is 31.7. The second kappa shape index (κ2) is 36.9. The third-order valence-corrected chi connectivity index (χ3v) is 9.62. The van der Waals surface area contributed by atoms with Crippen LogP contribution in [-0.4, -0.2) is 46.1 Å². The molecule has 0 aromatic carbocycles. The molecule has 0 aliphatic rings. The molecule has 5 nitrogen and oxygen atoms in total. The highest BCUT2D eigenvalue weighted by molar-refractivity contribution is 5.76. The third-order valence-electron chi connectivity index (χ3n) is 9.62. The van der Waals surface area contributed by atoms with Crippen LogP contribution in [0, 0.1) is 0 Å². The van der Waals surface area contributed by atoms with Crippen molar-refractivity contribution in [1.82, 2.24) is 5.32 Å². The smallest absolute Gasteiger partial charge is 0.220 e. The van der Waals surface area contributed by atoms with Crippen LogP contribution < -0.4 is 5.32 Å². The van der Waals surface area contributed by atoms with Crippen LogP contribution in [0.3, 0.4) is 0 Å². The maximum atomic E-state index is 12.3. The maximum Gasteiger partial charge on any atom is 0.220 e. The van der Waals surface area contributed by atoms with E-state index in [4.69, 9.17) is 0 Å². The first kappa shape index (κ1) is 45.1. The highest BCUT2D eigenvalue weighted by atomic mass is 16.3. The second-order valence-corrected chi connectivity index (χ2v) is 14.2. The predicted octanol–water partition coefficient (Wildman–Crippen LogP) is 11.3. The van der Waals surface area contributed by atoms with Gasteiger partial charge in [-0.15, -0.1) is 0 Å². The summed E-state index contributed by atoms with van der Waals surface area (Å²) in [5.74, 6) is -0.179. The van der Waals surface area contributed by atoms with E-state index in [1.807, 2.05) is 0 Å². The summed E-state index contributed by atoms with van der Waals surface area (Å²) in [5.41, 5.74) is 0. The van der Waals surface area contributed by atoms with Crippen LogP contribution in [-0.2, 0) is 4.79 Å². The van der Waals surface area contributed by atoms with Crippen LogP contribution in [0.2, 0.25) is 0 Å². The Kier molecular flexibility index (Phi) is 36.2. The number of allylic oxidation sites excluding steroid dienone is 2. The quantitative estimate of drug-likeness (QED) is 0.0397. The van der Waals surface area contributed by atoms with Crippen molar-refractivity contribution in [2.75, 3.05) is 6.61 Å². The summed E-state index contributed by atoms with van der Waals surface area (Å²) >= 11 is 0. The molecule has 3 unspecified atom stereocenters. The summed E-state index contributed by atoms with van der Waals surface area (Å²) in [6.45, 7) is 4.13. The van der Waals surface area contributed by atoms with E-state index in [-0.39, 0.29) is 12.5 Å². The van der Waals surface area contributed by atoms with Crippen molar-refractivity contribution in [3.63, 3.8) is 0 Å². The van der Waals surface area contributed by atoms with Crippen LogP contribution in [0.5, 0.6) is 0 Å². The van der Waals surface area contributed by atoms with Gasteiger partial charge in [0.05, 0.1) is 18.8 Å². The average molecular weight is 652 g/mol. The van der Waals surface area contributed by atoms with Crippen LogP contribution in [0.1, 0.15) is 219 Å². The molecule has 0 spiro atoms.